The van der Waals surface area contributed by atoms with Crippen LogP contribution >= 0.6 is 11.6 Å². The first-order valence-electron chi connectivity index (χ1n) is 6.54. The quantitative estimate of drug-likeness (QED) is 0.917. The third-order valence-corrected chi connectivity index (χ3v) is 5.60. The van der Waals surface area contributed by atoms with Crippen LogP contribution in [0.1, 0.15) is 37.0 Å². The zero-order valence-electron chi connectivity index (χ0n) is 11.8. The smallest absolute Gasteiger partial charge is 0.337 e. The van der Waals surface area contributed by atoms with Crippen molar-refractivity contribution in [3.63, 3.8) is 0 Å². The summed E-state index contributed by atoms with van der Waals surface area (Å²) in [5, 5.41) is 9.02. The first-order valence-corrected chi connectivity index (χ1v) is 8.57. The summed E-state index contributed by atoms with van der Waals surface area (Å²) in [6.45, 7) is 3.84. The molecule has 1 N–H and O–H groups in total. The summed E-state index contributed by atoms with van der Waals surface area (Å²) in [5.41, 5.74) is -0.530. The fourth-order valence-electron chi connectivity index (χ4n) is 2.40. The third kappa shape index (κ3) is 3.75. The van der Waals surface area contributed by atoms with Gasteiger partial charge >= 0.3 is 5.97 Å². The molecule has 1 fully saturated rings. The molecule has 0 aromatic heterocycles. The molecule has 1 atom stereocenters. The van der Waals surface area contributed by atoms with Gasteiger partial charge in [0.05, 0.1) is 32.9 Å². The summed E-state index contributed by atoms with van der Waals surface area (Å²) in [6.07, 6.45) is 1.11. The molecule has 0 amide bonds. The number of hydrogen-bond donors (Lipinski definition) is 1. The van der Waals surface area contributed by atoms with E-state index in [2.05, 4.69) is 0 Å². The lowest BCUT2D eigenvalue weighted by molar-refractivity contribution is -0.00528. The molecule has 1 aliphatic rings. The fraction of sp³-hybridized carbons (Fsp3) is 0.500. The number of aromatic carboxylic acids is 1. The van der Waals surface area contributed by atoms with Gasteiger partial charge in [0.25, 0.3) is 0 Å². The molecule has 0 saturated carbocycles. The number of carbonyl (C=O) groups is 1. The molecule has 1 aromatic rings. The van der Waals surface area contributed by atoms with Gasteiger partial charge in [-0.25, -0.2) is 13.2 Å². The van der Waals surface area contributed by atoms with Crippen LogP contribution in [0.2, 0.25) is 5.02 Å². The first-order chi connectivity index (χ1) is 9.61. The molecule has 0 radical (unpaired) electrons. The number of rotatable bonds is 4. The molecule has 116 valence electrons. The lowest BCUT2D eigenvalue weighted by atomic mass is 10.1. The van der Waals surface area contributed by atoms with Crippen LogP contribution in [0.3, 0.4) is 0 Å². The predicted molar refractivity (Wildman–Crippen MR) is 78.7 cm³/mol. The van der Waals surface area contributed by atoms with Crippen molar-refractivity contribution in [2.45, 2.75) is 43.3 Å². The summed E-state index contributed by atoms with van der Waals surface area (Å²) >= 11 is 5.75. The Hall–Kier alpha value is -1.11. The van der Waals surface area contributed by atoms with E-state index in [1.807, 2.05) is 13.8 Å². The minimum atomic E-state index is -3.61. The van der Waals surface area contributed by atoms with Crippen molar-refractivity contribution in [1.82, 2.24) is 0 Å². The highest BCUT2D eigenvalue weighted by Crippen LogP contribution is 2.31. The highest BCUT2D eigenvalue weighted by Gasteiger charge is 2.35. The molecule has 2 rings (SSSR count). The number of carboxylic acids is 1. The maximum absolute atomic E-state index is 12.4. The highest BCUT2D eigenvalue weighted by atomic mass is 35.5. The average molecular weight is 333 g/mol. The van der Waals surface area contributed by atoms with E-state index in [4.69, 9.17) is 21.4 Å². The average Bonchev–Trinajstić information content (AvgIpc) is 2.67. The van der Waals surface area contributed by atoms with Gasteiger partial charge in [-0.15, -0.1) is 0 Å². The number of halogens is 1. The maximum Gasteiger partial charge on any atom is 0.337 e. The zero-order chi connectivity index (χ0) is 15.8. The number of ether oxygens (including phenoxy) is 1. The van der Waals surface area contributed by atoms with Crippen molar-refractivity contribution in [3.05, 3.63) is 28.8 Å². The Morgan fingerprint density at radius 2 is 2.14 bits per heavy atom. The Bertz CT molecular complexity index is 666. The van der Waals surface area contributed by atoms with Gasteiger partial charge < -0.3 is 9.84 Å². The van der Waals surface area contributed by atoms with Crippen LogP contribution in [0.25, 0.3) is 0 Å². The fourth-order valence-corrected chi connectivity index (χ4v) is 4.09. The van der Waals surface area contributed by atoms with Crippen molar-refractivity contribution < 1.29 is 23.1 Å². The normalized spacial score (nSPS) is 21.4. The molecule has 1 unspecified atom stereocenters. The van der Waals surface area contributed by atoms with Crippen molar-refractivity contribution in [2.75, 3.05) is 5.75 Å². The van der Waals surface area contributed by atoms with Crippen LogP contribution in [-0.4, -0.2) is 37.0 Å². The molecule has 0 aliphatic carbocycles. The molecule has 7 heteroatoms. The van der Waals surface area contributed by atoms with Gasteiger partial charge in [-0.05, 0) is 44.9 Å². The molecule has 0 spiro atoms. The van der Waals surface area contributed by atoms with E-state index in [1.165, 1.54) is 12.1 Å². The van der Waals surface area contributed by atoms with E-state index < -0.39 is 15.8 Å². The van der Waals surface area contributed by atoms with Gasteiger partial charge in [0.15, 0.2) is 9.84 Å². The maximum atomic E-state index is 12.4. The number of hydrogen-bond acceptors (Lipinski definition) is 4. The monoisotopic (exact) mass is 332 g/mol. The van der Waals surface area contributed by atoms with Crippen LogP contribution < -0.4 is 0 Å². The van der Waals surface area contributed by atoms with E-state index in [-0.39, 0.29) is 32.9 Å². The third-order valence-electron chi connectivity index (χ3n) is 3.49. The number of sulfone groups is 1. The predicted octanol–water partition coefficient (Wildman–Crippen LogP) is 2.77. The minimum Gasteiger partial charge on any atom is -0.478 e. The second-order valence-corrected chi connectivity index (χ2v) is 8.21. The van der Waals surface area contributed by atoms with Crippen molar-refractivity contribution in [1.29, 1.82) is 0 Å². The Balaban J connectivity index is 2.24. The lowest BCUT2D eigenvalue weighted by Crippen LogP contribution is -2.25. The molecule has 1 aliphatic heterocycles. The molecule has 0 bridgehead atoms. The van der Waals surface area contributed by atoms with Crippen LogP contribution in [-0.2, 0) is 14.6 Å². The Morgan fingerprint density at radius 1 is 1.48 bits per heavy atom. The van der Waals surface area contributed by atoms with E-state index in [0.717, 1.165) is 12.5 Å². The van der Waals surface area contributed by atoms with Crippen LogP contribution in [0, 0.1) is 0 Å². The molecule has 1 heterocycles. The Labute approximate surface area is 128 Å². The summed E-state index contributed by atoms with van der Waals surface area (Å²) < 4.78 is 30.4. The molecule has 21 heavy (non-hydrogen) atoms. The number of benzene rings is 1. The van der Waals surface area contributed by atoms with Gasteiger partial charge in [-0.3, -0.25) is 0 Å². The van der Waals surface area contributed by atoms with Gasteiger partial charge in [-0.2, -0.15) is 0 Å². The standard InChI is InChI=1S/C14H17ClO5S/c1-14(2)6-5-9(20-14)8-21(18,19)10-3-4-12(15)11(7-10)13(16)17/h3-4,7,9H,5-6,8H2,1-2H3,(H,16,17). The van der Waals surface area contributed by atoms with Crippen molar-refractivity contribution in [3.8, 4) is 0 Å². The van der Waals surface area contributed by atoms with Crippen LogP contribution in [0.4, 0.5) is 0 Å². The van der Waals surface area contributed by atoms with E-state index in [0.29, 0.717) is 6.42 Å². The summed E-state index contributed by atoms with van der Waals surface area (Å²) in [4.78, 5) is 11.0. The largest absolute Gasteiger partial charge is 0.478 e. The van der Waals surface area contributed by atoms with Crippen molar-refractivity contribution in [2.24, 2.45) is 0 Å². The molecule has 5 nitrogen and oxygen atoms in total. The second-order valence-electron chi connectivity index (χ2n) is 5.77. The van der Waals surface area contributed by atoms with E-state index in [1.54, 1.807) is 0 Å². The highest BCUT2D eigenvalue weighted by molar-refractivity contribution is 7.91. The minimum absolute atomic E-state index is 0.0136. The van der Waals surface area contributed by atoms with Crippen LogP contribution in [0.15, 0.2) is 23.1 Å². The Morgan fingerprint density at radius 3 is 2.67 bits per heavy atom. The van der Waals surface area contributed by atoms with Crippen molar-refractivity contribution >= 4 is 27.4 Å². The molecular weight excluding hydrogens is 316 g/mol. The molecule has 1 saturated heterocycles. The van der Waals surface area contributed by atoms with E-state index in [9.17, 15) is 13.2 Å². The SMILES string of the molecule is CC1(C)CCC(CS(=O)(=O)c2ccc(Cl)c(C(=O)O)c2)O1. The zero-order valence-corrected chi connectivity index (χ0v) is 13.4. The summed E-state index contributed by atoms with van der Waals surface area (Å²) in [6, 6.07) is 3.71. The van der Waals surface area contributed by atoms with Gasteiger partial charge in [0.2, 0.25) is 0 Å². The van der Waals surface area contributed by atoms with Gasteiger partial charge in [-0.1, -0.05) is 11.6 Å². The first kappa shape index (κ1) is 16.3. The second kappa shape index (κ2) is 5.59. The summed E-state index contributed by atoms with van der Waals surface area (Å²) in [5.74, 6) is -1.41. The van der Waals surface area contributed by atoms with Gasteiger partial charge in [0.1, 0.15) is 0 Å². The molecular formula is C14H17ClO5S. The topological polar surface area (TPSA) is 80.7 Å². The Kier molecular flexibility index (Phi) is 4.33. The lowest BCUT2D eigenvalue weighted by Gasteiger charge is -2.19. The summed E-state index contributed by atoms with van der Waals surface area (Å²) in [7, 11) is -3.61. The number of carboxylic acid groups (broad SMARTS) is 1. The van der Waals surface area contributed by atoms with E-state index >= 15 is 0 Å². The van der Waals surface area contributed by atoms with Gasteiger partial charge in [0, 0.05) is 0 Å². The molecule has 1 aromatic carbocycles. The van der Waals surface area contributed by atoms with Crippen LogP contribution in [0.5, 0.6) is 0 Å².